The maximum Gasteiger partial charge on any atom is 0.171 e. The number of nitrogens with one attached hydrogen (secondary N) is 2. The first-order valence-electron chi connectivity index (χ1n) is 6.03. The van der Waals surface area contributed by atoms with Crippen molar-refractivity contribution in [3.63, 3.8) is 0 Å². The standard InChI is InChI=1S/C12H18N4S/c13-11-7-6-10(8-14-11)16-12(17)15-9-4-2-1-3-5-9/h6-9H,1-5H2,(H2,13,14)(H2,15,16,17). The number of rotatable bonds is 2. The molecule has 1 heterocycles. The fourth-order valence-corrected chi connectivity index (χ4v) is 2.36. The van der Waals surface area contributed by atoms with Gasteiger partial charge in [-0.05, 0) is 37.2 Å². The van der Waals surface area contributed by atoms with Gasteiger partial charge in [-0.3, -0.25) is 0 Å². The molecule has 1 saturated carbocycles. The third-order valence-corrected chi connectivity index (χ3v) is 3.20. The molecule has 0 aromatic carbocycles. The van der Waals surface area contributed by atoms with E-state index in [0.717, 1.165) is 5.69 Å². The average Bonchev–Trinajstić information content (AvgIpc) is 2.33. The molecule has 92 valence electrons. The Balaban J connectivity index is 1.82. The fourth-order valence-electron chi connectivity index (χ4n) is 2.08. The maximum atomic E-state index is 5.52. The van der Waals surface area contributed by atoms with Crippen LogP contribution in [0.1, 0.15) is 32.1 Å². The van der Waals surface area contributed by atoms with Gasteiger partial charge in [0.25, 0.3) is 0 Å². The number of nitrogens with two attached hydrogens (primary N) is 1. The molecule has 0 radical (unpaired) electrons. The topological polar surface area (TPSA) is 63.0 Å². The van der Waals surface area contributed by atoms with Gasteiger partial charge in [-0.15, -0.1) is 0 Å². The summed E-state index contributed by atoms with van der Waals surface area (Å²) in [5, 5.41) is 7.13. The molecule has 1 aromatic rings. The summed E-state index contributed by atoms with van der Waals surface area (Å²) < 4.78 is 0. The molecule has 1 fully saturated rings. The molecule has 0 amide bonds. The first kappa shape index (κ1) is 12.1. The van der Waals surface area contributed by atoms with Gasteiger partial charge in [0, 0.05) is 6.04 Å². The summed E-state index contributed by atoms with van der Waals surface area (Å²) in [5.41, 5.74) is 6.39. The monoisotopic (exact) mass is 250 g/mol. The average molecular weight is 250 g/mol. The van der Waals surface area contributed by atoms with Crippen LogP contribution in [0.15, 0.2) is 18.3 Å². The van der Waals surface area contributed by atoms with Crippen molar-refractivity contribution in [2.24, 2.45) is 0 Å². The third kappa shape index (κ3) is 3.85. The maximum absolute atomic E-state index is 5.52. The summed E-state index contributed by atoms with van der Waals surface area (Å²) in [6.07, 6.45) is 8.04. The van der Waals surface area contributed by atoms with Crippen LogP contribution in [0.5, 0.6) is 0 Å². The molecule has 1 aliphatic rings. The summed E-state index contributed by atoms with van der Waals surface area (Å²) >= 11 is 5.27. The quantitative estimate of drug-likeness (QED) is 0.703. The van der Waals surface area contributed by atoms with E-state index in [1.165, 1.54) is 32.1 Å². The molecule has 1 aromatic heterocycles. The first-order valence-corrected chi connectivity index (χ1v) is 6.44. The van der Waals surface area contributed by atoms with Crippen LogP contribution in [0, 0.1) is 0 Å². The molecule has 5 heteroatoms. The van der Waals surface area contributed by atoms with Crippen LogP contribution in [0.2, 0.25) is 0 Å². The molecular formula is C12H18N4S. The number of thiocarbonyl (C=S) groups is 1. The summed E-state index contributed by atoms with van der Waals surface area (Å²) in [4.78, 5) is 4.01. The van der Waals surface area contributed by atoms with Gasteiger partial charge < -0.3 is 16.4 Å². The summed E-state index contributed by atoms with van der Waals surface area (Å²) in [5.74, 6) is 0.515. The van der Waals surface area contributed by atoms with Crippen LogP contribution in [0.4, 0.5) is 11.5 Å². The second-order valence-electron chi connectivity index (χ2n) is 4.41. The Kier molecular flexibility index (Phi) is 4.14. The molecule has 0 aliphatic heterocycles. The number of aromatic nitrogens is 1. The lowest BCUT2D eigenvalue weighted by Gasteiger charge is -2.24. The van der Waals surface area contributed by atoms with Crippen LogP contribution in [0.3, 0.4) is 0 Å². The Hall–Kier alpha value is -1.36. The molecule has 4 nitrogen and oxygen atoms in total. The Morgan fingerprint density at radius 1 is 1.29 bits per heavy atom. The number of pyridine rings is 1. The zero-order valence-electron chi connectivity index (χ0n) is 9.78. The minimum atomic E-state index is 0.515. The highest BCUT2D eigenvalue weighted by Crippen LogP contribution is 2.17. The lowest BCUT2D eigenvalue weighted by molar-refractivity contribution is 0.415. The molecule has 0 unspecified atom stereocenters. The number of nitrogens with zero attached hydrogens (tertiary/aromatic N) is 1. The molecule has 0 bridgehead atoms. The molecule has 0 spiro atoms. The second-order valence-corrected chi connectivity index (χ2v) is 4.81. The van der Waals surface area contributed by atoms with Crippen LogP contribution >= 0.6 is 12.2 Å². The summed E-state index contributed by atoms with van der Waals surface area (Å²) in [6, 6.07) is 4.15. The van der Waals surface area contributed by atoms with Crippen molar-refractivity contribution in [2.45, 2.75) is 38.1 Å². The van der Waals surface area contributed by atoms with E-state index in [9.17, 15) is 0 Å². The highest BCUT2D eigenvalue weighted by molar-refractivity contribution is 7.80. The molecule has 4 N–H and O–H groups in total. The number of hydrogen-bond donors (Lipinski definition) is 3. The van der Waals surface area contributed by atoms with Crippen molar-refractivity contribution in [1.29, 1.82) is 0 Å². The molecule has 17 heavy (non-hydrogen) atoms. The SMILES string of the molecule is Nc1ccc(NC(=S)NC2CCCCC2)cn1. The summed E-state index contributed by atoms with van der Waals surface area (Å²) in [7, 11) is 0. The van der Waals surface area contributed by atoms with Gasteiger partial charge in [-0.2, -0.15) is 0 Å². The second kappa shape index (κ2) is 5.82. The highest BCUT2D eigenvalue weighted by atomic mass is 32.1. The number of anilines is 2. The van der Waals surface area contributed by atoms with Gasteiger partial charge in [0.15, 0.2) is 5.11 Å². The number of hydrogen-bond acceptors (Lipinski definition) is 3. The summed E-state index contributed by atoms with van der Waals surface area (Å²) in [6.45, 7) is 0. The Morgan fingerprint density at radius 3 is 2.71 bits per heavy atom. The van der Waals surface area contributed by atoms with Crippen molar-refractivity contribution < 1.29 is 0 Å². The van der Waals surface area contributed by atoms with Gasteiger partial charge in [-0.25, -0.2) is 4.98 Å². The van der Waals surface area contributed by atoms with Gasteiger partial charge in [0.1, 0.15) is 5.82 Å². The van der Waals surface area contributed by atoms with Gasteiger partial charge in [-0.1, -0.05) is 19.3 Å². The van der Waals surface area contributed by atoms with E-state index >= 15 is 0 Å². The number of nitrogen functional groups attached to an aromatic ring is 1. The van der Waals surface area contributed by atoms with E-state index in [4.69, 9.17) is 18.0 Å². The van der Waals surface area contributed by atoms with Crippen molar-refractivity contribution in [3.8, 4) is 0 Å². The van der Waals surface area contributed by atoms with Crippen molar-refractivity contribution in [3.05, 3.63) is 18.3 Å². The predicted octanol–water partition coefficient (Wildman–Crippen LogP) is 2.28. The van der Waals surface area contributed by atoms with Crippen molar-refractivity contribution in [2.75, 3.05) is 11.1 Å². The predicted molar refractivity (Wildman–Crippen MR) is 74.9 cm³/mol. The van der Waals surface area contributed by atoms with E-state index in [1.807, 2.05) is 6.07 Å². The van der Waals surface area contributed by atoms with E-state index in [-0.39, 0.29) is 0 Å². The zero-order chi connectivity index (χ0) is 12.1. The first-order chi connectivity index (χ1) is 8.24. The van der Waals surface area contributed by atoms with Gasteiger partial charge in [0.05, 0.1) is 11.9 Å². The van der Waals surface area contributed by atoms with Crippen molar-refractivity contribution >= 4 is 28.8 Å². The van der Waals surface area contributed by atoms with E-state index in [2.05, 4.69) is 15.6 Å². The smallest absolute Gasteiger partial charge is 0.171 e. The normalized spacial score (nSPS) is 16.5. The Morgan fingerprint density at radius 2 is 2.06 bits per heavy atom. The van der Waals surface area contributed by atoms with Crippen LogP contribution in [-0.2, 0) is 0 Å². The molecule has 1 aliphatic carbocycles. The van der Waals surface area contributed by atoms with Gasteiger partial charge in [0.2, 0.25) is 0 Å². The fraction of sp³-hybridized carbons (Fsp3) is 0.500. The van der Waals surface area contributed by atoms with Crippen LogP contribution < -0.4 is 16.4 Å². The van der Waals surface area contributed by atoms with Crippen molar-refractivity contribution in [1.82, 2.24) is 10.3 Å². The van der Waals surface area contributed by atoms with E-state index in [0.29, 0.717) is 17.0 Å². The Labute approximate surface area is 107 Å². The van der Waals surface area contributed by atoms with Gasteiger partial charge >= 0.3 is 0 Å². The molecule has 2 rings (SSSR count). The molecule has 0 atom stereocenters. The highest BCUT2D eigenvalue weighted by Gasteiger charge is 2.13. The lowest BCUT2D eigenvalue weighted by atomic mass is 9.96. The largest absolute Gasteiger partial charge is 0.384 e. The van der Waals surface area contributed by atoms with Crippen LogP contribution in [-0.4, -0.2) is 16.1 Å². The van der Waals surface area contributed by atoms with Crippen LogP contribution in [0.25, 0.3) is 0 Å². The van der Waals surface area contributed by atoms with E-state index in [1.54, 1.807) is 12.3 Å². The third-order valence-electron chi connectivity index (χ3n) is 2.98. The Bertz CT molecular complexity index is 371. The molecule has 0 saturated heterocycles. The van der Waals surface area contributed by atoms with E-state index < -0.39 is 0 Å². The minimum Gasteiger partial charge on any atom is -0.384 e. The minimum absolute atomic E-state index is 0.515. The molecular weight excluding hydrogens is 232 g/mol. The zero-order valence-corrected chi connectivity index (χ0v) is 10.6. The lowest BCUT2D eigenvalue weighted by Crippen LogP contribution is -2.38.